The zero-order valence-electron chi connectivity index (χ0n) is 14.3. The van der Waals surface area contributed by atoms with Crippen LogP contribution < -0.4 is 15.2 Å². The summed E-state index contributed by atoms with van der Waals surface area (Å²) in [5.74, 6) is 0.617. The number of hydrogen-bond donors (Lipinski definition) is 2. The van der Waals surface area contributed by atoms with Crippen LogP contribution in [0.5, 0.6) is 5.75 Å². The molecule has 1 aliphatic rings. The second-order valence-electron chi connectivity index (χ2n) is 6.18. The molecule has 2 aromatic rings. The van der Waals surface area contributed by atoms with Crippen LogP contribution in [0.2, 0.25) is 5.02 Å². The molecule has 3 N–H and O–H groups in total. The van der Waals surface area contributed by atoms with E-state index in [4.69, 9.17) is 21.5 Å². The molecule has 0 spiro atoms. The molecule has 1 saturated heterocycles. The third-order valence-electron chi connectivity index (χ3n) is 4.39. The van der Waals surface area contributed by atoms with E-state index in [0.29, 0.717) is 12.4 Å². The van der Waals surface area contributed by atoms with Crippen molar-refractivity contribution in [2.45, 2.75) is 10.9 Å². The van der Waals surface area contributed by atoms with Gasteiger partial charge < -0.3 is 10.1 Å². The third-order valence-corrected chi connectivity index (χ3v) is 5.55. The van der Waals surface area contributed by atoms with E-state index in [9.17, 15) is 8.42 Å². The van der Waals surface area contributed by atoms with Gasteiger partial charge in [0, 0.05) is 37.2 Å². The molecule has 26 heavy (non-hydrogen) atoms. The third kappa shape index (κ3) is 4.96. The minimum Gasteiger partial charge on any atom is -0.492 e. The summed E-state index contributed by atoms with van der Waals surface area (Å²) in [4.78, 5) is 2.44. The Hall–Kier alpha value is -1.64. The summed E-state index contributed by atoms with van der Waals surface area (Å²) in [6.45, 7) is 3.98. The molecule has 1 unspecified atom stereocenters. The van der Waals surface area contributed by atoms with Gasteiger partial charge in [-0.2, -0.15) is 0 Å². The van der Waals surface area contributed by atoms with Crippen molar-refractivity contribution in [3.63, 3.8) is 0 Å². The molecule has 3 rings (SSSR count). The highest BCUT2D eigenvalue weighted by Crippen LogP contribution is 2.24. The predicted molar refractivity (Wildman–Crippen MR) is 102 cm³/mol. The fraction of sp³-hybridized carbons (Fsp3) is 0.333. The number of halogens is 1. The average molecular weight is 396 g/mol. The summed E-state index contributed by atoms with van der Waals surface area (Å²) in [7, 11) is -3.68. The van der Waals surface area contributed by atoms with Gasteiger partial charge in [0.2, 0.25) is 10.0 Å². The summed E-state index contributed by atoms with van der Waals surface area (Å²) in [6, 6.07) is 14.3. The first-order valence-corrected chi connectivity index (χ1v) is 10.3. The Morgan fingerprint density at radius 2 is 2.00 bits per heavy atom. The monoisotopic (exact) mass is 395 g/mol. The highest BCUT2D eigenvalue weighted by atomic mass is 35.5. The number of nitrogens with zero attached hydrogens (tertiary/aromatic N) is 1. The molecule has 2 aromatic carbocycles. The first-order valence-electron chi connectivity index (χ1n) is 8.39. The first-order chi connectivity index (χ1) is 12.4. The molecule has 0 aromatic heterocycles. The molecule has 1 atom stereocenters. The highest BCUT2D eigenvalue weighted by Gasteiger charge is 2.23. The van der Waals surface area contributed by atoms with Gasteiger partial charge in [-0.3, -0.25) is 4.90 Å². The number of hydrogen-bond acceptors (Lipinski definition) is 5. The fourth-order valence-electron chi connectivity index (χ4n) is 3.06. The number of nitrogens with one attached hydrogen (secondary N) is 1. The van der Waals surface area contributed by atoms with Crippen LogP contribution in [0.4, 0.5) is 0 Å². The van der Waals surface area contributed by atoms with Gasteiger partial charge in [0.15, 0.2) is 0 Å². The molecule has 0 amide bonds. The van der Waals surface area contributed by atoms with Crippen LogP contribution in [0.1, 0.15) is 11.6 Å². The fourth-order valence-corrected chi connectivity index (χ4v) is 3.78. The van der Waals surface area contributed by atoms with Gasteiger partial charge >= 0.3 is 0 Å². The largest absolute Gasteiger partial charge is 0.492 e. The van der Waals surface area contributed by atoms with Crippen LogP contribution >= 0.6 is 11.6 Å². The smallest absolute Gasteiger partial charge is 0.238 e. The van der Waals surface area contributed by atoms with Crippen LogP contribution in [-0.4, -0.2) is 46.1 Å². The van der Waals surface area contributed by atoms with Crippen molar-refractivity contribution < 1.29 is 13.2 Å². The molecule has 140 valence electrons. The average Bonchev–Trinajstić information content (AvgIpc) is 2.62. The van der Waals surface area contributed by atoms with Crippen LogP contribution in [0.15, 0.2) is 53.4 Å². The lowest BCUT2D eigenvalue weighted by molar-refractivity contribution is 0.134. The van der Waals surface area contributed by atoms with Gasteiger partial charge in [-0.15, -0.1) is 0 Å². The Kier molecular flexibility index (Phi) is 6.16. The minimum atomic E-state index is -3.68. The van der Waals surface area contributed by atoms with Crippen LogP contribution in [0.25, 0.3) is 0 Å². The van der Waals surface area contributed by atoms with E-state index in [0.717, 1.165) is 31.2 Å². The number of sulfonamides is 1. The van der Waals surface area contributed by atoms with Gasteiger partial charge in [0.05, 0.1) is 4.90 Å². The number of nitrogens with two attached hydrogens (primary N) is 1. The molecule has 1 heterocycles. The van der Waals surface area contributed by atoms with Gasteiger partial charge in [-0.1, -0.05) is 23.7 Å². The first kappa shape index (κ1) is 19.1. The standard InChI is InChI=1S/C18H22ClN3O3S/c19-15-3-1-2-14(12-15)18-13-21-8-9-22(18)10-11-25-16-4-6-17(7-5-16)26(20,23)24/h1-7,12,18,21H,8-11,13H2,(H2,20,23,24). The molecular weight excluding hydrogens is 374 g/mol. The Balaban J connectivity index is 1.59. The Morgan fingerprint density at radius 3 is 2.69 bits per heavy atom. The second kappa shape index (κ2) is 8.37. The number of benzene rings is 2. The van der Waals surface area contributed by atoms with Gasteiger partial charge in [-0.25, -0.2) is 13.6 Å². The summed E-state index contributed by atoms with van der Waals surface area (Å²) in [5, 5.41) is 9.25. The van der Waals surface area contributed by atoms with Crippen LogP contribution in [-0.2, 0) is 10.0 Å². The van der Waals surface area contributed by atoms with Crippen molar-refractivity contribution in [3.05, 3.63) is 59.1 Å². The van der Waals surface area contributed by atoms with Crippen molar-refractivity contribution in [1.82, 2.24) is 10.2 Å². The number of piperazine rings is 1. The molecule has 0 radical (unpaired) electrons. The molecule has 0 aliphatic carbocycles. The molecule has 1 aliphatic heterocycles. The highest BCUT2D eigenvalue weighted by molar-refractivity contribution is 7.89. The second-order valence-corrected chi connectivity index (χ2v) is 8.17. The van der Waals surface area contributed by atoms with Crippen LogP contribution in [0, 0.1) is 0 Å². The maximum atomic E-state index is 11.3. The van der Waals surface area contributed by atoms with E-state index in [1.807, 2.05) is 18.2 Å². The van der Waals surface area contributed by atoms with E-state index in [1.54, 1.807) is 12.1 Å². The zero-order chi connectivity index (χ0) is 18.6. The summed E-state index contributed by atoms with van der Waals surface area (Å²) >= 11 is 6.13. The number of primary sulfonamides is 1. The van der Waals surface area contributed by atoms with Crippen LogP contribution in [0.3, 0.4) is 0 Å². The summed E-state index contributed by atoms with van der Waals surface area (Å²) in [5.41, 5.74) is 1.18. The van der Waals surface area contributed by atoms with E-state index in [2.05, 4.69) is 16.3 Å². The van der Waals surface area contributed by atoms with E-state index in [1.165, 1.54) is 17.7 Å². The van der Waals surface area contributed by atoms with Crippen molar-refractivity contribution in [1.29, 1.82) is 0 Å². The molecule has 0 saturated carbocycles. The summed E-state index contributed by atoms with van der Waals surface area (Å²) in [6.07, 6.45) is 0. The maximum Gasteiger partial charge on any atom is 0.238 e. The normalized spacial score (nSPS) is 18.6. The van der Waals surface area contributed by atoms with Gasteiger partial charge in [0.25, 0.3) is 0 Å². The predicted octanol–water partition coefficient (Wildman–Crippen LogP) is 2.01. The van der Waals surface area contributed by atoms with Crippen molar-refractivity contribution in [2.75, 3.05) is 32.8 Å². The quantitative estimate of drug-likeness (QED) is 0.781. The van der Waals surface area contributed by atoms with Gasteiger partial charge in [0.1, 0.15) is 12.4 Å². The Labute approximate surface area is 158 Å². The van der Waals surface area contributed by atoms with Crippen molar-refractivity contribution >= 4 is 21.6 Å². The lowest BCUT2D eigenvalue weighted by Gasteiger charge is -2.36. The van der Waals surface area contributed by atoms with E-state index >= 15 is 0 Å². The molecule has 8 heteroatoms. The maximum absolute atomic E-state index is 11.3. The van der Waals surface area contributed by atoms with Crippen molar-refractivity contribution in [2.24, 2.45) is 5.14 Å². The molecule has 1 fully saturated rings. The SMILES string of the molecule is NS(=O)(=O)c1ccc(OCCN2CCNCC2c2cccc(Cl)c2)cc1. The Bertz CT molecular complexity index is 843. The van der Waals surface area contributed by atoms with Gasteiger partial charge in [-0.05, 0) is 42.0 Å². The topological polar surface area (TPSA) is 84.7 Å². The van der Waals surface area contributed by atoms with E-state index in [-0.39, 0.29) is 10.9 Å². The molecular formula is C18H22ClN3O3S. The molecule has 0 bridgehead atoms. The Morgan fingerprint density at radius 1 is 1.23 bits per heavy atom. The minimum absolute atomic E-state index is 0.0768. The van der Waals surface area contributed by atoms with Crippen molar-refractivity contribution in [3.8, 4) is 5.75 Å². The van der Waals surface area contributed by atoms with E-state index < -0.39 is 10.0 Å². The summed E-state index contributed by atoms with van der Waals surface area (Å²) < 4.78 is 28.3. The lowest BCUT2D eigenvalue weighted by Crippen LogP contribution is -2.47. The number of ether oxygens (including phenoxy) is 1. The zero-order valence-corrected chi connectivity index (χ0v) is 15.8. The lowest BCUT2D eigenvalue weighted by atomic mass is 10.0. The number of rotatable bonds is 6. The molecule has 6 nitrogen and oxygen atoms in total.